The first-order chi connectivity index (χ1) is 11.6. The quantitative estimate of drug-likeness (QED) is 0.661. The van der Waals surface area contributed by atoms with Gasteiger partial charge in [-0.3, -0.25) is 4.79 Å². The highest BCUT2D eigenvalue weighted by molar-refractivity contribution is 7.22. The van der Waals surface area contributed by atoms with Crippen LogP contribution in [0.2, 0.25) is 0 Å². The number of anilines is 1. The third-order valence-electron chi connectivity index (χ3n) is 3.70. The Kier molecular flexibility index (Phi) is 5.11. The molecule has 1 amide bonds. The molecule has 3 aromatic rings. The fraction of sp³-hybridized carbons (Fsp3) is 0.263. The topological polar surface area (TPSA) is 51.2 Å². The summed E-state index contributed by atoms with van der Waals surface area (Å²) in [6.07, 6.45) is 1.09. The van der Waals surface area contributed by atoms with Gasteiger partial charge in [-0.2, -0.15) is 0 Å². The lowest BCUT2D eigenvalue weighted by Gasteiger charge is -2.06. The predicted octanol–water partition coefficient (Wildman–Crippen LogP) is 4.71. The molecule has 0 fully saturated rings. The SMILES string of the molecule is Cc1ccc(OCCCC(=O)Nc2nc3c(C)cccc3s2)cc1. The van der Waals surface area contributed by atoms with Crippen molar-refractivity contribution >= 4 is 32.6 Å². The zero-order chi connectivity index (χ0) is 16.9. The molecule has 2 aromatic carbocycles. The Morgan fingerprint density at radius 2 is 1.96 bits per heavy atom. The van der Waals surface area contributed by atoms with Crippen molar-refractivity contribution in [2.45, 2.75) is 26.7 Å². The first-order valence-corrected chi connectivity index (χ1v) is 8.79. The largest absolute Gasteiger partial charge is 0.494 e. The van der Waals surface area contributed by atoms with Crippen LogP contribution in [0.3, 0.4) is 0 Å². The van der Waals surface area contributed by atoms with E-state index in [-0.39, 0.29) is 5.91 Å². The molecule has 0 unspecified atom stereocenters. The Labute approximate surface area is 145 Å². The Balaban J connectivity index is 1.46. The molecule has 1 heterocycles. The third kappa shape index (κ3) is 4.11. The number of benzene rings is 2. The molecule has 3 rings (SSSR count). The molecule has 1 aromatic heterocycles. The van der Waals surface area contributed by atoms with E-state index in [0.29, 0.717) is 24.6 Å². The van der Waals surface area contributed by atoms with Crippen LogP contribution >= 0.6 is 11.3 Å². The number of nitrogens with one attached hydrogen (secondary N) is 1. The molecule has 0 aliphatic rings. The number of rotatable bonds is 6. The first kappa shape index (κ1) is 16.5. The van der Waals surface area contributed by atoms with Crippen molar-refractivity contribution in [2.75, 3.05) is 11.9 Å². The van der Waals surface area contributed by atoms with Crippen molar-refractivity contribution in [3.8, 4) is 5.75 Å². The molecule has 4 nitrogen and oxygen atoms in total. The van der Waals surface area contributed by atoms with Gasteiger partial charge in [-0.25, -0.2) is 4.98 Å². The van der Waals surface area contributed by atoms with E-state index < -0.39 is 0 Å². The molecule has 0 radical (unpaired) electrons. The van der Waals surface area contributed by atoms with Crippen LogP contribution in [-0.2, 0) is 4.79 Å². The van der Waals surface area contributed by atoms with Crippen molar-refractivity contribution in [3.05, 3.63) is 53.6 Å². The lowest BCUT2D eigenvalue weighted by molar-refractivity contribution is -0.116. The summed E-state index contributed by atoms with van der Waals surface area (Å²) < 4.78 is 6.72. The minimum atomic E-state index is -0.0285. The highest BCUT2D eigenvalue weighted by Gasteiger charge is 2.09. The molecule has 0 aliphatic carbocycles. The summed E-state index contributed by atoms with van der Waals surface area (Å²) in [4.78, 5) is 16.5. The number of hydrogen-bond acceptors (Lipinski definition) is 4. The maximum Gasteiger partial charge on any atom is 0.226 e. The fourth-order valence-electron chi connectivity index (χ4n) is 2.38. The van der Waals surface area contributed by atoms with Crippen LogP contribution in [0.25, 0.3) is 10.2 Å². The van der Waals surface area contributed by atoms with E-state index in [0.717, 1.165) is 21.5 Å². The Morgan fingerprint density at radius 3 is 2.71 bits per heavy atom. The van der Waals surface area contributed by atoms with Gasteiger partial charge in [0.1, 0.15) is 5.75 Å². The van der Waals surface area contributed by atoms with Gasteiger partial charge in [0.05, 0.1) is 16.8 Å². The van der Waals surface area contributed by atoms with Crippen molar-refractivity contribution in [2.24, 2.45) is 0 Å². The van der Waals surface area contributed by atoms with Gasteiger partial charge in [0.25, 0.3) is 0 Å². The summed E-state index contributed by atoms with van der Waals surface area (Å²) in [5.41, 5.74) is 3.28. The number of ether oxygens (including phenoxy) is 1. The Hall–Kier alpha value is -2.40. The van der Waals surface area contributed by atoms with Crippen LogP contribution < -0.4 is 10.1 Å². The lowest BCUT2D eigenvalue weighted by atomic mass is 10.2. The van der Waals surface area contributed by atoms with E-state index in [9.17, 15) is 4.79 Å². The van der Waals surface area contributed by atoms with Crippen LogP contribution in [0, 0.1) is 13.8 Å². The molecular weight excluding hydrogens is 320 g/mol. The summed E-state index contributed by atoms with van der Waals surface area (Å²) in [5, 5.41) is 3.53. The molecule has 0 bridgehead atoms. The van der Waals surface area contributed by atoms with Gasteiger partial charge in [-0.05, 0) is 44.0 Å². The first-order valence-electron chi connectivity index (χ1n) is 7.97. The van der Waals surface area contributed by atoms with Gasteiger partial charge < -0.3 is 10.1 Å². The second-order valence-electron chi connectivity index (χ2n) is 5.75. The number of aryl methyl sites for hydroxylation is 2. The zero-order valence-corrected chi connectivity index (χ0v) is 14.7. The molecule has 24 heavy (non-hydrogen) atoms. The maximum absolute atomic E-state index is 12.0. The number of fused-ring (bicyclic) bond motifs is 1. The van der Waals surface area contributed by atoms with E-state index in [1.807, 2.05) is 56.3 Å². The molecule has 124 valence electrons. The second-order valence-corrected chi connectivity index (χ2v) is 6.78. The number of para-hydroxylation sites is 1. The van der Waals surface area contributed by atoms with Gasteiger partial charge in [0.15, 0.2) is 5.13 Å². The average Bonchev–Trinajstić information content (AvgIpc) is 2.97. The molecule has 0 aliphatic heterocycles. The van der Waals surface area contributed by atoms with Crippen molar-refractivity contribution < 1.29 is 9.53 Å². The van der Waals surface area contributed by atoms with Gasteiger partial charge in [0.2, 0.25) is 5.91 Å². The standard InChI is InChI=1S/C19H20N2O2S/c1-13-8-10-15(11-9-13)23-12-4-7-17(22)20-19-21-18-14(2)5-3-6-16(18)24-19/h3,5-6,8-11H,4,7,12H2,1-2H3,(H,20,21,22). The molecule has 5 heteroatoms. The number of aromatic nitrogens is 1. The summed E-state index contributed by atoms with van der Waals surface area (Å²) in [6, 6.07) is 14.0. The smallest absolute Gasteiger partial charge is 0.226 e. The van der Waals surface area contributed by atoms with Crippen LogP contribution in [0.4, 0.5) is 5.13 Å². The van der Waals surface area contributed by atoms with Crippen molar-refractivity contribution in [3.63, 3.8) is 0 Å². The minimum absolute atomic E-state index is 0.0285. The maximum atomic E-state index is 12.0. The fourth-order valence-corrected chi connectivity index (χ4v) is 3.34. The van der Waals surface area contributed by atoms with Crippen molar-refractivity contribution in [1.29, 1.82) is 0 Å². The number of amides is 1. The van der Waals surface area contributed by atoms with Crippen LogP contribution in [0.5, 0.6) is 5.75 Å². The predicted molar refractivity (Wildman–Crippen MR) is 98.9 cm³/mol. The van der Waals surface area contributed by atoms with Gasteiger partial charge in [-0.1, -0.05) is 41.2 Å². The number of nitrogens with zero attached hydrogens (tertiary/aromatic N) is 1. The Morgan fingerprint density at radius 1 is 1.17 bits per heavy atom. The molecule has 0 saturated carbocycles. The van der Waals surface area contributed by atoms with E-state index in [4.69, 9.17) is 4.74 Å². The monoisotopic (exact) mass is 340 g/mol. The second kappa shape index (κ2) is 7.45. The Bertz CT molecular complexity index is 840. The average molecular weight is 340 g/mol. The normalized spacial score (nSPS) is 10.8. The van der Waals surface area contributed by atoms with E-state index in [1.54, 1.807) is 0 Å². The molecule has 1 N–H and O–H groups in total. The number of carbonyl (C=O) groups is 1. The van der Waals surface area contributed by atoms with Gasteiger partial charge in [-0.15, -0.1) is 0 Å². The number of hydrogen-bond donors (Lipinski definition) is 1. The van der Waals surface area contributed by atoms with Crippen LogP contribution in [0.1, 0.15) is 24.0 Å². The number of thiazole rings is 1. The highest BCUT2D eigenvalue weighted by Crippen LogP contribution is 2.27. The summed E-state index contributed by atoms with van der Waals surface area (Å²) >= 11 is 1.50. The summed E-state index contributed by atoms with van der Waals surface area (Å²) in [7, 11) is 0. The lowest BCUT2D eigenvalue weighted by Crippen LogP contribution is -2.12. The minimum Gasteiger partial charge on any atom is -0.494 e. The van der Waals surface area contributed by atoms with Crippen molar-refractivity contribution in [1.82, 2.24) is 4.98 Å². The molecular formula is C19H20N2O2S. The third-order valence-corrected chi connectivity index (χ3v) is 4.64. The molecule has 0 atom stereocenters. The molecule has 0 saturated heterocycles. The zero-order valence-electron chi connectivity index (χ0n) is 13.8. The highest BCUT2D eigenvalue weighted by atomic mass is 32.1. The van der Waals surface area contributed by atoms with E-state index in [1.165, 1.54) is 16.9 Å². The van der Waals surface area contributed by atoms with Gasteiger partial charge >= 0.3 is 0 Å². The summed E-state index contributed by atoms with van der Waals surface area (Å²) in [6.45, 7) is 4.59. The van der Waals surface area contributed by atoms with Gasteiger partial charge in [0, 0.05) is 6.42 Å². The van der Waals surface area contributed by atoms with E-state index >= 15 is 0 Å². The van der Waals surface area contributed by atoms with Crippen LogP contribution in [0.15, 0.2) is 42.5 Å². The van der Waals surface area contributed by atoms with Crippen LogP contribution in [-0.4, -0.2) is 17.5 Å². The van der Waals surface area contributed by atoms with E-state index in [2.05, 4.69) is 10.3 Å². The summed E-state index contributed by atoms with van der Waals surface area (Å²) in [5.74, 6) is 0.807. The number of carbonyl (C=O) groups excluding carboxylic acids is 1. The molecule has 0 spiro atoms.